The highest BCUT2D eigenvalue weighted by molar-refractivity contribution is 5.89. The van der Waals surface area contributed by atoms with Crippen molar-refractivity contribution in [1.82, 2.24) is 4.90 Å². The minimum Gasteiger partial charge on any atom is -0.465 e. The van der Waals surface area contributed by atoms with Crippen molar-refractivity contribution in [2.45, 2.75) is 38.5 Å². The summed E-state index contributed by atoms with van der Waals surface area (Å²) in [6, 6.07) is 16.6. The first-order valence-electron chi connectivity index (χ1n) is 9.89. The van der Waals surface area contributed by atoms with E-state index in [-0.39, 0.29) is 30.8 Å². The number of nitrogens with zero attached hydrogens (tertiary/aromatic N) is 1. The van der Waals surface area contributed by atoms with E-state index in [9.17, 15) is 9.59 Å². The number of hydrogen-bond acceptors (Lipinski definition) is 5. The van der Waals surface area contributed by atoms with Crippen molar-refractivity contribution in [1.29, 1.82) is 0 Å². The molecule has 2 aromatic rings. The SMILES string of the molecule is CCO[C@@H]1CCN(C(=O)OCc2ccccc2)[C@@H](c2ccc(C(=O)OC)cc2)C1. The second kappa shape index (κ2) is 10.1. The zero-order valence-electron chi connectivity index (χ0n) is 16.9. The van der Waals surface area contributed by atoms with Gasteiger partial charge < -0.3 is 19.1 Å². The zero-order chi connectivity index (χ0) is 20.6. The first-order valence-corrected chi connectivity index (χ1v) is 9.89. The third kappa shape index (κ3) is 5.35. The summed E-state index contributed by atoms with van der Waals surface area (Å²) in [5.41, 5.74) is 2.37. The summed E-state index contributed by atoms with van der Waals surface area (Å²) in [4.78, 5) is 26.3. The highest BCUT2D eigenvalue weighted by Crippen LogP contribution is 2.33. The number of hydrogen-bond donors (Lipinski definition) is 0. The van der Waals surface area contributed by atoms with Gasteiger partial charge in [0.05, 0.1) is 24.8 Å². The number of benzene rings is 2. The summed E-state index contributed by atoms with van der Waals surface area (Å²) in [6.07, 6.45) is 1.20. The van der Waals surface area contributed by atoms with Gasteiger partial charge in [0, 0.05) is 13.2 Å². The van der Waals surface area contributed by atoms with E-state index in [4.69, 9.17) is 14.2 Å². The zero-order valence-corrected chi connectivity index (χ0v) is 16.9. The van der Waals surface area contributed by atoms with E-state index < -0.39 is 0 Å². The lowest BCUT2D eigenvalue weighted by atomic mass is 9.93. The van der Waals surface area contributed by atoms with Gasteiger partial charge in [-0.15, -0.1) is 0 Å². The Bertz CT molecular complexity index is 806. The second-order valence-corrected chi connectivity index (χ2v) is 6.96. The lowest BCUT2D eigenvalue weighted by Crippen LogP contribution is -2.43. The molecule has 1 amide bonds. The molecular weight excluding hydrogens is 370 g/mol. The Hall–Kier alpha value is -2.86. The van der Waals surface area contributed by atoms with Crippen LogP contribution in [0.4, 0.5) is 4.79 Å². The maximum atomic E-state index is 12.8. The highest BCUT2D eigenvalue weighted by Gasteiger charge is 2.34. The molecule has 6 nitrogen and oxygen atoms in total. The Morgan fingerprint density at radius 3 is 2.45 bits per heavy atom. The molecule has 2 aromatic carbocycles. The summed E-state index contributed by atoms with van der Waals surface area (Å²) >= 11 is 0. The molecule has 0 radical (unpaired) electrons. The molecule has 0 aliphatic carbocycles. The van der Waals surface area contributed by atoms with Crippen molar-refractivity contribution in [2.75, 3.05) is 20.3 Å². The standard InChI is InChI=1S/C23H27NO5/c1-3-28-20-13-14-24(23(26)29-16-17-7-5-4-6-8-17)21(15-20)18-9-11-19(12-10-18)22(25)27-2/h4-12,20-21H,3,13-16H2,1-2H3/t20-,21-/m1/s1. The number of amides is 1. The Balaban J connectivity index is 1.74. The van der Waals surface area contributed by atoms with Crippen LogP contribution in [0.2, 0.25) is 0 Å². The van der Waals surface area contributed by atoms with E-state index >= 15 is 0 Å². The molecule has 6 heteroatoms. The molecule has 0 aromatic heterocycles. The van der Waals surface area contributed by atoms with E-state index in [1.165, 1.54) is 7.11 Å². The van der Waals surface area contributed by atoms with E-state index in [1.807, 2.05) is 49.4 Å². The minimum absolute atomic E-state index is 0.0865. The summed E-state index contributed by atoms with van der Waals surface area (Å²) in [5, 5.41) is 0. The molecule has 29 heavy (non-hydrogen) atoms. The van der Waals surface area contributed by atoms with E-state index in [0.717, 1.165) is 17.5 Å². The van der Waals surface area contributed by atoms with Crippen LogP contribution in [0.5, 0.6) is 0 Å². The lowest BCUT2D eigenvalue weighted by Gasteiger charge is -2.38. The van der Waals surface area contributed by atoms with Crippen LogP contribution in [0.25, 0.3) is 0 Å². The molecule has 0 unspecified atom stereocenters. The van der Waals surface area contributed by atoms with Crippen molar-refractivity contribution in [3.05, 3.63) is 71.3 Å². The average Bonchev–Trinajstić information content (AvgIpc) is 2.78. The molecule has 0 saturated carbocycles. The number of esters is 1. The molecule has 1 saturated heterocycles. The number of methoxy groups -OCH3 is 1. The van der Waals surface area contributed by atoms with Crippen molar-refractivity contribution < 1.29 is 23.8 Å². The van der Waals surface area contributed by atoms with Crippen LogP contribution < -0.4 is 0 Å². The average molecular weight is 397 g/mol. The van der Waals surface area contributed by atoms with Crippen molar-refractivity contribution in [3.8, 4) is 0 Å². The molecule has 1 heterocycles. The lowest BCUT2D eigenvalue weighted by molar-refractivity contribution is -0.0125. The number of likely N-dealkylation sites (tertiary alicyclic amines) is 1. The van der Waals surface area contributed by atoms with E-state index in [1.54, 1.807) is 17.0 Å². The van der Waals surface area contributed by atoms with Gasteiger partial charge in [-0.1, -0.05) is 42.5 Å². The van der Waals surface area contributed by atoms with Crippen LogP contribution in [0.1, 0.15) is 47.3 Å². The first kappa shape index (κ1) is 20.9. The molecule has 0 bridgehead atoms. The monoisotopic (exact) mass is 397 g/mol. The quantitative estimate of drug-likeness (QED) is 0.678. The molecule has 0 spiro atoms. The van der Waals surface area contributed by atoms with Crippen LogP contribution in [0.15, 0.2) is 54.6 Å². The van der Waals surface area contributed by atoms with Gasteiger partial charge in [-0.25, -0.2) is 9.59 Å². The molecular formula is C23H27NO5. The van der Waals surface area contributed by atoms with Gasteiger partial charge in [0.2, 0.25) is 0 Å². The van der Waals surface area contributed by atoms with E-state index in [2.05, 4.69) is 0 Å². The number of carbonyl (C=O) groups excluding carboxylic acids is 2. The highest BCUT2D eigenvalue weighted by atomic mass is 16.6. The van der Waals surface area contributed by atoms with Crippen LogP contribution in [0.3, 0.4) is 0 Å². The fourth-order valence-corrected chi connectivity index (χ4v) is 3.62. The minimum atomic E-state index is -0.383. The topological polar surface area (TPSA) is 65.1 Å². The van der Waals surface area contributed by atoms with Crippen LogP contribution in [-0.4, -0.2) is 43.3 Å². The number of carbonyl (C=O) groups is 2. The number of rotatable bonds is 6. The van der Waals surface area contributed by atoms with Gasteiger partial charge in [0.1, 0.15) is 6.61 Å². The van der Waals surface area contributed by atoms with Gasteiger partial charge in [-0.3, -0.25) is 0 Å². The molecule has 154 valence electrons. The largest absolute Gasteiger partial charge is 0.465 e. The Labute approximate surface area is 171 Å². The molecule has 0 N–H and O–H groups in total. The molecule has 3 rings (SSSR count). The second-order valence-electron chi connectivity index (χ2n) is 6.96. The van der Waals surface area contributed by atoms with Crippen LogP contribution in [0, 0.1) is 0 Å². The summed E-state index contributed by atoms with van der Waals surface area (Å²) in [6.45, 7) is 3.40. The molecule has 2 atom stereocenters. The van der Waals surface area contributed by atoms with Crippen LogP contribution >= 0.6 is 0 Å². The number of piperidine rings is 1. The molecule has 1 fully saturated rings. The predicted molar refractivity (Wildman–Crippen MR) is 109 cm³/mol. The third-order valence-corrected chi connectivity index (χ3v) is 5.11. The van der Waals surface area contributed by atoms with Crippen molar-refractivity contribution >= 4 is 12.1 Å². The summed E-state index contributed by atoms with van der Waals surface area (Å²) in [5.74, 6) is -0.383. The normalized spacial score (nSPS) is 18.9. The summed E-state index contributed by atoms with van der Waals surface area (Å²) in [7, 11) is 1.36. The van der Waals surface area contributed by atoms with Crippen molar-refractivity contribution in [2.24, 2.45) is 0 Å². The molecule has 1 aliphatic heterocycles. The fraction of sp³-hybridized carbons (Fsp3) is 0.391. The third-order valence-electron chi connectivity index (χ3n) is 5.11. The first-order chi connectivity index (χ1) is 14.1. The Kier molecular flexibility index (Phi) is 7.25. The number of ether oxygens (including phenoxy) is 3. The Morgan fingerprint density at radius 2 is 1.79 bits per heavy atom. The van der Waals surface area contributed by atoms with Crippen molar-refractivity contribution in [3.63, 3.8) is 0 Å². The van der Waals surface area contributed by atoms with Crippen LogP contribution in [-0.2, 0) is 20.8 Å². The predicted octanol–water partition coefficient (Wildman–Crippen LogP) is 4.35. The fourth-order valence-electron chi connectivity index (χ4n) is 3.62. The van der Waals surface area contributed by atoms with Gasteiger partial charge in [0.15, 0.2) is 0 Å². The van der Waals surface area contributed by atoms with E-state index in [0.29, 0.717) is 25.1 Å². The van der Waals surface area contributed by atoms with Gasteiger partial charge >= 0.3 is 12.1 Å². The van der Waals surface area contributed by atoms with Gasteiger partial charge in [0.25, 0.3) is 0 Å². The maximum absolute atomic E-state index is 12.8. The van der Waals surface area contributed by atoms with Gasteiger partial charge in [-0.2, -0.15) is 0 Å². The smallest absolute Gasteiger partial charge is 0.410 e. The van der Waals surface area contributed by atoms with Gasteiger partial charge in [-0.05, 0) is 43.0 Å². The molecule has 1 aliphatic rings. The maximum Gasteiger partial charge on any atom is 0.410 e. The summed E-state index contributed by atoms with van der Waals surface area (Å²) < 4.78 is 16.1. The Morgan fingerprint density at radius 1 is 1.07 bits per heavy atom.